The van der Waals surface area contributed by atoms with Crippen molar-refractivity contribution < 1.29 is 12.8 Å². The molecule has 1 aliphatic heterocycles. The van der Waals surface area contributed by atoms with Gasteiger partial charge in [0.2, 0.25) is 10.0 Å². The molecule has 2 aromatic rings. The zero-order valence-corrected chi connectivity index (χ0v) is 13.4. The highest BCUT2D eigenvalue weighted by Gasteiger charge is 2.63. The van der Waals surface area contributed by atoms with Gasteiger partial charge in [-0.25, -0.2) is 13.2 Å². The molecule has 1 saturated heterocycles. The molecular formula is C16H18N2O4S. The van der Waals surface area contributed by atoms with Crippen molar-refractivity contribution in [2.24, 2.45) is 11.3 Å². The van der Waals surface area contributed by atoms with Crippen molar-refractivity contribution in [1.29, 1.82) is 0 Å². The lowest BCUT2D eigenvalue weighted by molar-refractivity contribution is -0.0857. The number of oxazole rings is 1. The lowest BCUT2D eigenvalue weighted by Gasteiger charge is -2.62. The molecule has 1 spiro atoms. The van der Waals surface area contributed by atoms with E-state index in [-0.39, 0.29) is 21.9 Å². The van der Waals surface area contributed by atoms with Crippen molar-refractivity contribution in [3.63, 3.8) is 0 Å². The number of aromatic nitrogens is 1. The Balaban J connectivity index is 1.53. The summed E-state index contributed by atoms with van der Waals surface area (Å²) in [6.45, 7) is 0.644. The molecule has 1 aromatic carbocycles. The highest BCUT2D eigenvalue weighted by Crippen LogP contribution is 2.60. The molecule has 1 N–H and O–H groups in total. The van der Waals surface area contributed by atoms with Crippen LogP contribution in [0.2, 0.25) is 0 Å². The fourth-order valence-electron chi connectivity index (χ4n) is 4.38. The second-order valence-corrected chi connectivity index (χ2v) is 9.11. The van der Waals surface area contributed by atoms with E-state index in [0.29, 0.717) is 18.0 Å². The van der Waals surface area contributed by atoms with Crippen LogP contribution in [0.25, 0.3) is 11.1 Å². The smallest absolute Gasteiger partial charge is 0.408 e. The van der Waals surface area contributed by atoms with E-state index in [0.717, 1.165) is 25.7 Å². The molecule has 1 unspecified atom stereocenters. The molecule has 23 heavy (non-hydrogen) atoms. The summed E-state index contributed by atoms with van der Waals surface area (Å²) in [4.78, 5) is 14.0. The summed E-state index contributed by atoms with van der Waals surface area (Å²) in [5.74, 6) is -0.0319. The number of hydrogen-bond acceptors (Lipinski definition) is 4. The van der Waals surface area contributed by atoms with Crippen molar-refractivity contribution in [1.82, 2.24) is 9.29 Å². The van der Waals surface area contributed by atoms with Crippen LogP contribution < -0.4 is 5.76 Å². The Morgan fingerprint density at radius 1 is 1.26 bits per heavy atom. The minimum Gasteiger partial charge on any atom is -0.408 e. The Labute approximate surface area is 133 Å². The van der Waals surface area contributed by atoms with Crippen LogP contribution in [0, 0.1) is 11.3 Å². The lowest BCUT2D eigenvalue weighted by atomic mass is 9.58. The fraction of sp³-hybridized carbons (Fsp3) is 0.562. The molecule has 0 bridgehead atoms. The predicted octanol–water partition coefficient (Wildman–Crippen LogP) is 2.07. The first kappa shape index (κ1) is 13.8. The Bertz CT molecular complexity index is 950. The van der Waals surface area contributed by atoms with Crippen LogP contribution in [-0.2, 0) is 10.0 Å². The van der Waals surface area contributed by atoms with Gasteiger partial charge in [-0.15, -0.1) is 0 Å². The lowest BCUT2D eigenvalue weighted by Crippen LogP contribution is -2.69. The van der Waals surface area contributed by atoms with E-state index in [2.05, 4.69) is 4.98 Å². The zero-order valence-electron chi connectivity index (χ0n) is 12.6. The standard InChI is InChI=1S/C16H18N2O4S/c19-15-17-12-5-4-11(8-13(12)22-15)23(20,21)18-9-16(6-1-7-16)14(18)10-2-3-10/h4-5,8,10,14H,1-3,6-7,9H2,(H,17,19). The van der Waals surface area contributed by atoms with Crippen LogP contribution >= 0.6 is 0 Å². The molecule has 0 radical (unpaired) electrons. The summed E-state index contributed by atoms with van der Waals surface area (Å²) in [6, 6.07) is 4.78. The molecule has 2 heterocycles. The first-order chi connectivity index (χ1) is 11.0. The molecule has 5 rings (SSSR count). The summed E-state index contributed by atoms with van der Waals surface area (Å²) >= 11 is 0. The van der Waals surface area contributed by atoms with Crippen LogP contribution in [0.4, 0.5) is 0 Å². The quantitative estimate of drug-likeness (QED) is 0.931. The van der Waals surface area contributed by atoms with Gasteiger partial charge in [0.05, 0.1) is 10.4 Å². The Morgan fingerprint density at radius 2 is 2.04 bits per heavy atom. The van der Waals surface area contributed by atoms with E-state index in [9.17, 15) is 13.2 Å². The number of rotatable bonds is 3. The maximum absolute atomic E-state index is 13.0. The maximum Gasteiger partial charge on any atom is 0.417 e. The van der Waals surface area contributed by atoms with Gasteiger partial charge in [-0.2, -0.15) is 4.31 Å². The van der Waals surface area contributed by atoms with Crippen LogP contribution in [0.3, 0.4) is 0 Å². The number of nitrogens with zero attached hydrogens (tertiary/aromatic N) is 1. The van der Waals surface area contributed by atoms with E-state index >= 15 is 0 Å². The second-order valence-electron chi connectivity index (χ2n) is 7.22. The highest BCUT2D eigenvalue weighted by atomic mass is 32.2. The second kappa shape index (κ2) is 4.27. The van der Waals surface area contributed by atoms with Crippen LogP contribution in [0.5, 0.6) is 0 Å². The number of fused-ring (bicyclic) bond motifs is 1. The Kier molecular flexibility index (Phi) is 2.56. The van der Waals surface area contributed by atoms with E-state index in [1.54, 1.807) is 16.4 Å². The summed E-state index contributed by atoms with van der Waals surface area (Å²) in [5, 5.41) is 0. The molecule has 122 valence electrons. The van der Waals surface area contributed by atoms with E-state index < -0.39 is 15.8 Å². The normalized spacial score (nSPS) is 27.0. The van der Waals surface area contributed by atoms with Crippen molar-refractivity contribution in [2.75, 3.05) is 6.54 Å². The number of sulfonamides is 1. The van der Waals surface area contributed by atoms with Gasteiger partial charge in [0.15, 0.2) is 5.58 Å². The number of benzene rings is 1. The summed E-state index contributed by atoms with van der Waals surface area (Å²) in [5.41, 5.74) is 1.06. The number of aromatic amines is 1. The third kappa shape index (κ3) is 1.83. The third-order valence-electron chi connectivity index (χ3n) is 5.83. The molecular weight excluding hydrogens is 316 g/mol. The van der Waals surface area contributed by atoms with E-state index in [1.165, 1.54) is 12.5 Å². The van der Waals surface area contributed by atoms with Gasteiger partial charge < -0.3 is 4.42 Å². The van der Waals surface area contributed by atoms with Crippen molar-refractivity contribution >= 4 is 21.1 Å². The van der Waals surface area contributed by atoms with Gasteiger partial charge >= 0.3 is 5.76 Å². The van der Waals surface area contributed by atoms with Crippen LogP contribution in [0.1, 0.15) is 32.1 Å². The fourth-order valence-corrected chi connectivity index (χ4v) is 6.27. The number of hydrogen-bond donors (Lipinski definition) is 1. The minimum absolute atomic E-state index is 0.176. The number of H-pyrrole nitrogens is 1. The Hall–Kier alpha value is -1.60. The monoisotopic (exact) mass is 334 g/mol. The molecule has 7 heteroatoms. The largest absolute Gasteiger partial charge is 0.417 e. The van der Waals surface area contributed by atoms with Gasteiger partial charge in [-0.3, -0.25) is 4.98 Å². The maximum atomic E-state index is 13.0. The molecule has 2 aliphatic carbocycles. The summed E-state index contributed by atoms with van der Waals surface area (Å²) < 4.78 is 32.8. The van der Waals surface area contributed by atoms with Crippen molar-refractivity contribution in [3.8, 4) is 0 Å². The van der Waals surface area contributed by atoms with Gasteiger partial charge in [-0.05, 0) is 43.7 Å². The number of nitrogens with one attached hydrogen (secondary N) is 1. The predicted molar refractivity (Wildman–Crippen MR) is 83.5 cm³/mol. The molecule has 3 aliphatic rings. The van der Waals surface area contributed by atoms with Gasteiger partial charge in [-0.1, -0.05) is 6.42 Å². The van der Waals surface area contributed by atoms with Crippen LogP contribution in [0.15, 0.2) is 32.3 Å². The first-order valence-corrected chi connectivity index (χ1v) is 9.58. The minimum atomic E-state index is -3.53. The third-order valence-corrected chi connectivity index (χ3v) is 7.65. The summed E-state index contributed by atoms with van der Waals surface area (Å²) in [6.07, 6.45) is 5.82. The van der Waals surface area contributed by atoms with Crippen molar-refractivity contribution in [3.05, 3.63) is 28.7 Å². The average molecular weight is 334 g/mol. The molecule has 3 fully saturated rings. The topological polar surface area (TPSA) is 83.4 Å². The van der Waals surface area contributed by atoms with E-state index in [1.807, 2.05) is 0 Å². The zero-order chi connectivity index (χ0) is 15.8. The van der Waals surface area contributed by atoms with Crippen molar-refractivity contribution in [2.45, 2.75) is 43.0 Å². The molecule has 1 aromatic heterocycles. The molecule has 6 nitrogen and oxygen atoms in total. The van der Waals surface area contributed by atoms with Gasteiger partial charge in [0.25, 0.3) is 0 Å². The molecule has 2 saturated carbocycles. The van der Waals surface area contributed by atoms with E-state index in [4.69, 9.17) is 4.42 Å². The Morgan fingerprint density at radius 3 is 2.70 bits per heavy atom. The molecule has 1 atom stereocenters. The summed E-state index contributed by atoms with van der Waals surface area (Å²) in [7, 11) is -3.53. The van der Waals surface area contributed by atoms with Crippen LogP contribution in [-0.4, -0.2) is 30.3 Å². The molecule has 0 amide bonds. The SMILES string of the molecule is O=c1[nH]c2ccc(S(=O)(=O)N3CC4(CCC4)C3C3CC3)cc2o1. The van der Waals surface area contributed by atoms with Gasteiger partial charge in [0.1, 0.15) is 0 Å². The van der Waals surface area contributed by atoms with Gasteiger partial charge in [0, 0.05) is 24.1 Å². The first-order valence-electron chi connectivity index (χ1n) is 8.14. The average Bonchev–Trinajstić information content (AvgIpc) is 3.14. The highest BCUT2D eigenvalue weighted by molar-refractivity contribution is 7.89.